The number of ether oxygens (including phenoxy) is 2. The Balaban J connectivity index is 1.97. The van der Waals surface area contributed by atoms with Crippen LogP contribution in [0.3, 0.4) is 0 Å². The summed E-state index contributed by atoms with van der Waals surface area (Å²) in [6, 6.07) is 21.0. The van der Waals surface area contributed by atoms with Crippen LogP contribution in [0.25, 0.3) is 0 Å². The molecule has 2 aromatic carbocycles. The summed E-state index contributed by atoms with van der Waals surface area (Å²) in [5.74, 6) is -1.18. The van der Waals surface area contributed by atoms with Gasteiger partial charge in [-0.25, -0.2) is 9.59 Å². The fourth-order valence-corrected chi connectivity index (χ4v) is 7.96. The van der Waals surface area contributed by atoms with Gasteiger partial charge in [-0.1, -0.05) is 66.7 Å². The summed E-state index contributed by atoms with van der Waals surface area (Å²) in [6.07, 6.45) is 2.37. The van der Waals surface area contributed by atoms with Gasteiger partial charge >= 0.3 is 11.9 Å². The molecule has 1 heterocycles. The zero-order valence-electron chi connectivity index (χ0n) is 20.3. The number of fused-ring (bicyclic) bond motifs is 1. The largest absolute Gasteiger partial charge is 0.463 e. The quantitative estimate of drug-likeness (QED) is 0.311. The molecule has 0 N–H and O–H groups in total. The van der Waals surface area contributed by atoms with E-state index < -0.39 is 25.9 Å². The number of benzene rings is 2. The molecule has 0 amide bonds. The van der Waals surface area contributed by atoms with E-state index in [0.717, 1.165) is 16.7 Å². The number of esters is 2. The fourth-order valence-electron chi connectivity index (χ4n) is 5.29. The highest BCUT2D eigenvalue weighted by atomic mass is 28.4. The van der Waals surface area contributed by atoms with E-state index in [-0.39, 0.29) is 19.1 Å². The molecular weight excluding hydrogens is 444 g/mol. The van der Waals surface area contributed by atoms with E-state index in [1.807, 2.05) is 36.4 Å². The van der Waals surface area contributed by atoms with Gasteiger partial charge in [-0.2, -0.15) is 0 Å². The summed E-state index contributed by atoms with van der Waals surface area (Å²) in [5.41, 5.74) is 3.00. The van der Waals surface area contributed by atoms with Crippen molar-refractivity contribution in [3.05, 3.63) is 94.6 Å². The van der Waals surface area contributed by atoms with Crippen LogP contribution in [0.4, 0.5) is 0 Å². The molecule has 1 aliphatic heterocycles. The van der Waals surface area contributed by atoms with Crippen molar-refractivity contribution < 1.29 is 23.5 Å². The number of hydrogen-bond acceptors (Lipinski definition) is 5. The van der Waals surface area contributed by atoms with Crippen molar-refractivity contribution in [2.75, 3.05) is 13.2 Å². The van der Waals surface area contributed by atoms with Crippen molar-refractivity contribution in [1.82, 2.24) is 0 Å². The Kier molecular flexibility index (Phi) is 6.91. The number of rotatable bonds is 6. The summed E-state index contributed by atoms with van der Waals surface area (Å²) >= 11 is 0. The van der Waals surface area contributed by atoms with Gasteiger partial charge in [0.1, 0.15) is 5.60 Å². The minimum Gasteiger partial charge on any atom is -0.463 e. The second-order valence-corrected chi connectivity index (χ2v) is 13.4. The van der Waals surface area contributed by atoms with Crippen LogP contribution in [0.1, 0.15) is 31.4 Å². The average molecular weight is 477 g/mol. The SMILES string of the molecule is CCOC(=O)C1=C(C(=O)OCC)C2C[Si](C)(C)OC(c3ccccc3)(c3ccccc3)C2=CC1. The number of allylic oxidation sites excluding steroid dienone is 1. The van der Waals surface area contributed by atoms with E-state index in [1.54, 1.807) is 13.8 Å². The lowest BCUT2D eigenvalue weighted by atomic mass is 9.69. The van der Waals surface area contributed by atoms with E-state index in [4.69, 9.17) is 13.9 Å². The highest BCUT2D eigenvalue weighted by Crippen LogP contribution is 2.55. The van der Waals surface area contributed by atoms with Gasteiger partial charge in [0.15, 0.2) is 8.32 Å². The second kappa shape index (κ2) is 9.72. The highest BCUT2D eigenvalue weighted by Gasteiger charge is 2.55. The van der Waals surface area contributed by atoms with Gasteiger partial charge in [-0.15, -0.1) is 0 Å². The molecule has 178 valence electrons. The summed E-state index contributed by atoms with van der Waals surface area (Å²) in [7, 11) is -2.33. The van der Waals surface area contributed by atoms with Crippen LogP contribution in [0.5, 0.6) is 0 Å². The molecule has 0 saturated carbocycles. The Morgan fingerprint density at radius 1 is 0.912 bits per heavy atom. The Bertz CT molecular complexity index is 1080. The summed E-state index contributed by atoms with van der Waals surface area (Å²) in [4.78, 5) is 26.2. The molecule has 2 aromatic rings. The van der Waals surface area contributed by atoms with E-state index in [2.05, 4.69) is 43.4 Å². The second-order valence-electron chi connectivity index (χ2n) is 9.23. The van der Waals surface area contributed by atoms with Gasteiger partial charge < -0.3 is 13.9 Å². The lowest BCUT2D eigenvalue weighted by Gasteiger charge is -2.52. The first-order valence-corrected chi connectivity index (χ1v) is 15.0. The Labute approximate surface area is 202 Å². The first kappa shape index (κ1) is 24.2. The number of carbonyl (C=O) groups is 2. The van der Waals surface area contributed by atoms with E-state index in [9.17, 15) is 9.59 Å². The molecular formula is C28H32O5Si. The van der Waals surface area contributed by atoms with Gasteiger partial charge in [-0.3, -0.25) is 0 Å². The minimum absolute atomic E-state index is 0.240. The van der Waals surface area contributed by atoms with Crippen molar-refractivity contribution in [3.8, 4) is 0 Å². The van der Waals surface area contributed by atoms with Gasteiger partial charge in [0, 0.05) is 5.92 Å². The van der Waals surface area contributed by atoms with E-state index in [0.29, 0.717) is 23.6 Å². The van der Waals surface area contributed by atoms with Crippen LogP contribution in [0.15, 0.2) is 83.5 Å². The monoisotopic (exact) mass is 476 g/mol. The van der Waals surface area contributed by atoms with Crippen LogP contribution in [-0.4, -0.2) is 33.5 Å². The molecule has 5 nitrogen and oxygen atoms in total. The molecule has 0 aromatic heterocycles. The fraction of sp³-hybridized carbons (Fsp3) is 0.357. The summed E-state index contributed by atoms with van der Waals surface area (Å²) < 4.78 is 17.9. The molecule has 1 saturated heterocycles. The molecule has 1 unspecified atom stereocenters. The molecule has 0 spiro atoms. The van der Waals surface area contributed by atoms with Crippen LogP contribution in [-0.2, 0) is 29.1 Å². The molecule has 1 atom stereocenters. The predicted molar refractivity (Wildman–Crippen MR) is 134 cm³/mol. The molecule has 0 radical (unpaired) electrons. The molecule has 4 rings (SSSR count). The third-order valence-corrected chi connectivity index (χ3v) is 8.73. The Hall–Kier alpha value is -2.96. The summed E-state index contributed by atoms with van der Waals surface area (Å²) in [5, 5.41) is 0. The summed E-state index contributed by atoms with van der Waals surface area (Å²) in [6.45, 7) is 8.39. The van der Waals surface area contributed by atoms with Crippen molar-refractivity contribution in [3.63, 3.8) is 0 Å². The van der Waals surface area contributed by atoms with Crippen LogP contribution >= 0.6 is 0 Å². The maximum atomic E-state index is 13.3. The third-order valence-electron chi connectivity index (χ3n) is 6.48. The molecule has 1 fully saturated rings. The predicted octanol–water partition coefficient (Wildman–Crippen LogP) is 5.53. The van der Waals surface area contributed by atoms with Crippen LogP contribution in [0.2, 0.25) is 19.1 Å². The Morgan fingerprint density at radius 3 is 1.97 bits per heavy atom. The van der Waals surface area contributed by atoms with Crippen molar-refractivity contribution in [2.45, 2.75) is 45.0 Å². The Morgan fingerprint density at radius 2 is 1.44 bits per heavy atom. The minimum atomic E-state index is -2.33. The first-order chi connectivity index (χ1) is 16.3. The third kappa shape index (κ3) is 4.28. The highest BCUT2D eigenvalue weighted by molar-refractivity contribution is 6.71. The molecule has 6 heteroatoms. The van der Waals surface area contributed by atoms with Gasteiger partial charge in [0.05, 0.1) is 24.4 Å². The molecule has 34 heavy (non-hydrogen) atoms. The number of hydrogen-bond donors (Lipinski definition) is 0. The van der Waals surface area contributed by atoms with Crippen molar-refractivity contribution in [1.29, 1.82) is 0 Å². The van der Waals surface area contributed by atoms with Gasteiger partial charge in [0.2, 0.25) is 0 Å². The van der Waals surface area contributed by atoms with Gasteiger partial charge in [-0.05, 0) is 56.1 Å². The zero-order valence-corrected chi connectivity index (χ0v) is 21.3. The van der Waals surface area contributed by atoms with Crippen LogP contribution < -0.4 is 0 Å². The maximum absolute atomic E-state index is 13.3. The number of carbonyl (C=O) groups excluding carboxylic acids is 2. The normalized spacial score (nSPS) is 20.7. The van der Waals surface area contributed by atoms with Crippen LogP contribution in [0, 0.1) is 5.92 Å². The standard InChI is InChI=1S/C28H32O5Si/c1-5-31-26(29)22-17-18-24-23(25(22)27(30)32-6-2)19-34(3,4)33-28(24,20-13-9-7-10-14-20)21-15-11-8-12-16-21/h7-16,18,23H,5-6,17,19H2,1-4H3. The lowest BCUT2D eigenvalue weighted by Crippen LogP contribution is -2.53. The molecule has 0 bridgehead atoms. The maximum Gasteiger partial charge on any atom is 0.335 e. The van der Waals surface area contributed by atoms with Gasteiger partial charge in [0.25, 0.3) is 0 Å². The van der Waals surface area contributed by atoms with E-state index >= 15 is 0 Å². The first-order valence-electron chi connectivity index (χ1n) is 11.9. The average Bonchev–Trinajstić information content (AvgIpc) is 2.83. The zero-order chi connectivity index (χ0) is 24.3. The van der Waals surface area contributed by atoms with Crippen molar-refractivity contribution in [2.24, 2.45) is 5.92 Å². The molecule has 1 aliphatic carbocycles. The smallest absolute Gasteiger partial charge is 0.335 e. The van der Waals surface area contributed by atoms with E-state index in [1.165, 1.54) is 0 Å². The van der Waals surface area contributed by atoms with Crippen molar-refractivity contribution >= 4 is 20.3 Å². The molecule has 2 aliphatic rings. The lowest BCUT2D eigenvalue weighted by molar-refractivity contribution is -0.142. The topological polar surface area (TPSA) is 61.8 Å².